The molecular weight excluding hydrogens is 285 g/mol. The Hall–Kier alpha value is -1.53. The molecule has 1 aromatic rings. The quantitative estimate of drug-likeness (QED) is 0.645. The highest BCUT2D eigenvalue weighted by Crippen LogP contribution is 2.33. The zero-order valence-corrected chi connectivity index (χ0v) is 11.5. The molecule has 110 valence electrons. The molecule has 1 aromatic carbocycles. The fraction of sp³-hybridized carbons (Fsp3) is 0.333. The summed E-state index contributed by atoms with van der Waals surface area (Å²) in [6, 6.07) is 9.00. The highest BCUT2D eigenvalue weighted by Gasteiger charge is 2.12. The number of hydrogen-bond acceptors (Lipinski definition) is 6. The van der Waals surface area contributed by atoms with E-state index in [4.69, 9.17) is 9.63 Å². The standard InChI is InChI=1S/C12H16NO6P/c14-11(6-7-20(16,17)18)8-13-12(15)19-9-10-4-2-1-3-5-10/h1-5H,6-9H2,(H,13,15)(H2,16,17,18)/p-1. The van der Waals surface area contributed by atoms with E-state index in [1.807, 2.05) is 6.07 Å². The van der Waals surface area contributed by atoms with Crippen LogP contribution in [-0.2, 0) is 16.1 Å². The van der Waals surface area contributed by atoms with Crippen molar-refractivity contribution in [2.24, 2.45) is 0 Å². The van der Waals surface area contributed by atoms with Crippen molar-refractivity contribution in [3.8, 4) is 0 Å². The molecule has 7 nitrogen and oxygen atoms in total. The van der Waals surface area contributed by atoms with Crippen LogP contribution in [0.3, 0.4) is 0 Å². The minimum absolute atomic E-state index is 0.0767. The van der Waals surface area contributed by atoms with Crippen LogP contribution >= 0.6 is 7.94 Å². The molecule has 0 aliphatic heterocycles. The number of benzene rings is 1. The molecule has 0 aliphatic rings. The van der Waals surface area contributed by atoms with Crippen molar-refractivity contribution in [2.45, 2.75) is 13.0 Å². The van der Waals surface area contributed by atoms with Crippen LogP contribution in [0, 0.1) is 0 Å². The van der Waals surface area contributed by atoms with E-state index in [1.54, 1.807) is 24.3 Å². The summed E-state index contributed by atoms with van der Waals surface area (Å²) in [5.74, 6) is -0.508. The molecule has 2 N–H and O–H groups in total. The summed E-state index contributed by atoms with van der Waals surface area (Å²) in [6.07, 6.45) is -1.75. The van der Waals surface area contributed by atoms with Crippen LogP contribution in [0.15, 0.2) is 30.3 Å². The Morgan fingerprint density at radius 3 is 2.50 bits per heavy atom. The van der Waals surface area contributed by atoms with E-state index in [1.165, 1.54) is 0 Å². The van der Waals surface area contributed by atoms with Crippen molar-refractivity contribution in [1.82, 2.24) is 5.32 Å². The highest BCUT2D eigenvalue weighted by atomic mass is 31.2. The van der Waals surface area contributed by atoms with Crippen molar-refractivity contribution >= 4 is 19.8 Å². The Balaban J connectivity index is 2.18. The van der Waals surface area contributed by atoms with Gasteiger partial charge in [0, 0.05) is 14.4 Å². The van der Waals surface area contributed by atoms with Gasteiger partial charge in [0.2, 0.25) is 0 Å². The number of Topliss-reactive ketones (excluding diaryl/α,β-unsaturated/α-hetero) is 1. The van der Waals surface area contributed by atoms with Gasteiger partial charge in [0.15, 0.2) is 5.78 Å². The molecule has 0 unspecified atom stereocenters. The molecule has 8 heteroatoms. The van der Waals surface area contributed by atoms with Crippen molar-refractivity contribution in [3.63, 3.8) is 0 Å². The molecule has 0 aromatic heterocycles. The topological polar surface area (TPSA) is 122 Å². The summed E-state index contributed by atoms with van der Waals surface area (Å²) < 4.78 is 4.86. The van der Waals surface area contributed by atoms with Gasteiger partial charge in [0.05, 0.1) is 12.7 Å². The largest absolute Gasteiger partial charge is 0.660 e. The summed E-state index contributed by atoms with van der Waals surface area (Å²) >= 11 is 0. The molecule has 0 saturated carbocycles. The number of ether oxygens (including phenoxy) is 1. The molecule has 0 spiro atoms. The third-order valence-electron chi connectivity index (χ3n) is 2.32. The molecule has 20 heavy (non-hydrogen) atoms. The Kier molecular flexibility index (Phi) is 6.54. The van der Waals surface area contributed by atoms with Crippen LogP contribution < -0.4 is 15.1 Å². The average Bonchev–Trinajstić information content (AvgIpc) is 2.41. The van der Waals surface area contributed by atoms with E-state index in [9.17, 15) is 19.4 Å². The fourth-order valence-corrected chi connectivity index (χ4v) is 1.83. The minimum Gasteiger partial charge on any atom is -0.660 e. The summed E-state index contributed by atoms with van der Waals surface area (Å²) in [6.45, 7) is -0.263. The molecule has 0 aliphatic carbocycles. The van der Waals surface area contributed by atoms with Gasteiger partial charge >= 0.3 is 6.09 Å². The SMILES string of the molecule is O=C(CC[P+]([O-])([O-])O)CNC(=O)OCc1ccccc1. The van der Waals surface area contributed by atoms with Crippen LogP contribution in [-0.4, -0.2) is 29.5 Å². The maximum atomic E-state index is 11.3. The first-order chi connectivity index (χ1) is 9.37. The molecule has 1 amide bonds. The Labute approximate surface area is 116 Å². The number of alkyl carbamates (subject to hydrolysis) is 1. The number of hydrogen-bond donors (Lipinski definition) is 2. The van der Waals surface area contributed by atoms with Gasteiger partial charge in [-0.25, -0.2) is 4.79 Å². The lowest BCUT2D eigenvalue weighted by molar-refractivity contribution is -0.331. The first kappa shape index (κ1) is 16.5. The monoisotopic (exact) mass is 300 g/mol. The lowest BCUT2D eigenvalue weighted by Gasteiger charge is -2.27. The van der Waals surface area contributed by atoms with Crippen LogP contribution in [0.4, 0.5) is 4.79 Å². The molecule has 0 saturated heterocycles. The third kappa shape index (κ3) is 7.81. The number of carbonyl (C=O) groups is 2. The van der Waals surface area contributed by atoms with Gasteiger partial charge < -0.3 is 19.8 Å². The van der Waals surface area contributed by atoms with Crippen LogP contribution in [0.25, 0.3) is 0 Å². The third-order valence-corrected chi connectivity index (χ3v) is 3.10. The number of nitrogens with one attached hydrogen (secondary N) is 1. The van der Waals surface area contributed by atoms with E-state index in [0.29, 0.717) is 0 Å². The van der Waals surface area contributed by atoms with Crippen molar-refractivity contribution in [2.75, 3.05) is 12.7 Å². The smallest absolute Gasteiger partial charge is 0.407 e. The Bertz CT molecular complexity index is 445. The van der Waals surface area contributed by atoms with Gasteiger partial charge in [0.25, 0.3) is 0 Å². The van der Waals surface area contributed by atoms with Gasteiger partial charge in [-0.1, -0.05) is 30.3 Å². The van der Waals surface area contributed by atoms with E-state index in [0.717, 1.165) is 5.56 Å². The second-order valence-electron chi connectivity index (χ2n) is 4.07. The van der Waals surface area contributed by atoms with Gasteiger partial charge in [-0.2, -0.15) is 0 Å². The maximum Gasteiger partial charge on any atom is 0.407 e. The molecule has 0 bridgehead atoms. The zero-order chi connectivity index (χ0) is 15.0. The van der Waals surface area contributed by atoms with Crippen molar-refractivity contribution in [3.05, 3.63) is 35.9 Å². The molecule has 1 rings (SSSR count). The molecule has 0 radical (unpaired) electrons. The fourth-order valence-electron chi connectivity index (χ4n) is 1.30. The number of rotatable bonds is 7. The normalized spacial score (nSPS) is 10.9. The summed E-state index contributed by atoms with van der Waals surface area (Å²) in [4.78, 5) is 51.9. The number of amides is 1. The van der Waals surface area contributed by atoms with Crippen molar-refractivity contribution < 1.29 is 29.0 Å². The Morgan fingerprint density at radius 1 is 1.25 bits per heavy atom. The lowest BCUT2D eigenvalue weighted by atomic mass is 10.2. The second kappa shape index (κ2) is 7.91. The summed E-state index contributed by atoms with van der Waals surface area (Å²) in [7, 11) is -4.43. The van der Waals surface area contributed by atoms with E-state index < -0.39 is 26.0 Å². The zero-order valence-electron chi connectivity index (χ0n) is 10.7. The van der Waals surface area contributed by atoms with Crippen LogP contribution in [0.5, 0.6) is 0 Å². The van der Waals surface area contributed by atoms with E-state index in [-0.39, 0.29) is 19.6 Å². The van der Waals surface area contributed by atoms with Gasteiger partial charge in [-0.05, 0) is 5.56 Å². The summed E-state index contributed by atoms with van der Waals surface area (Å²) in [5.41, 5.74) is 0.807. The van der Waals surface area contributed by atoms with Crippen LogP contribution in [0.1, 0.15) is 12.0 Å². The van der Waals surface area contributed by atoms with E-state index >= 15 is 0 Å². The van der Waals surface area contributed by atoms with Gasteiger partial charge in [-0.3, -0.25) is 9.69 Å². The molecule has 0 heterocycles. The molecular formula is C12H15NO6P-. The van der Waals surface area contributed by atoms with Gasteiger partial charge in [-0.15, -0.1) is 0 Å². The highest BCUT2D eigenvalue weighted by molar-refractivity contribution is 7.55. The predicted molar refractivity (Wildman–Crippen MR) is 68.3 cm³/mol. The average molecular weight is 300 g/mol. The minimum atomic E-state index is -4.43. The van der Waals surface area contributed by atoms with E-state index in [2.05, 4.69) is 5.32 Å². The molecule has 0 atom stereocenters. The molecule has 0 fully saturated rings. The second-order valence-corrected chi connectivity index (χ2v) is 5.79. The lowest BCUT2D eigenvalue weighted by Crippen LogP contribution is -2.32. The maximum absolute atomic E-state index is 11.3. The number of carbonyl (C=O) groups excluding carboxylic acids is 2. The first-order valence-corrected chi connectivity index (χ1v) is 7.62. The predicted octanol–water partition coefficient (Wildman–Crippen LogP) is -0.652. The Morgan fingerprint density at radius 2 is 1.90 bits per heavy atom. The number of ketones is 1. The first-order valence-electron chi connectivity index (χ1n) is 5.86. The van der Waals surface area contributed by atoms with Crippen LogP contribution in [0.2, 0.25) is 0 Å². The summed E-state index contributed by atoms with van der Waals surface area (Å²) in [5, 5.41) is 2.20. The van der Waals surface area contributed by atoms with Crippen molar-refractivity contribution in [1.29, 1.82) is 0 Å². The van der Waals surface area contributed by atoms with Gasteiger partial charge in [0.1, 0.15) is 6.61 Å².